The van der Waals surface area contributed by atoms with E-state index in [2.05, 4.69) is 20.8 Å². The molecule has 5 nitrogen and oxygen atoms in total. The second kappa shape index (κ2) is 10.3. The van der Waals surface area contributed by atoms with Gasteiger partial charge in [-0.15, -0.1) is 0 Å². The van der Waals surface area contributed by atoms with Crippen molar-refractivity contribution < 1.29 is 19.7 Å². The lowest BCUT2D eigenvalue weighted by Crippen LogP contribution is -2.41. The molecule has 0 radical (unpaired) electrons. The van der Waals surface area contributed by atoms with Crippen molar-refractivity contribution in [2.45, 2.75) is 18.9 Å². The van der Waals surface area contributed by atoms with Crippen LogP contribution in [0.25, 0.3) is 0 Å². The molecule has 2 rings (SSSR count). The highest BCUT2D eigenvalue weighted by Crippen LogP contribution is 2.17. The van der Waals surface area contributed by atoms with Crippen molar-refractivity contribution in [3.05, 3.63) is 28.7 Å². The van der Waals surface area contributed by atoms with Crippen molar-refractivity contribution in [2.75, 3.05) is 46.1 Å². The molecule has 23 heavy (non-hydrogen) atoms. The van der Waals surface area contributed by atoms with Gasteiger partial charge in [0.1, 0.15) is 12.4 Å². The minimum absolute atomic E-state index is 0.276. The average Bonchev–Trinajstić information content (AvgIpc) is 2.57. The Hall–Kier alpha value is -0.660. The number of hydrogen-bond acceptors (Lipinski definition) is 5. The van der Waals surface area contributed by atoms with E-state index in [1.165, 1.54) is 0 Å². The summed E-state index contributed by atoms with van der Waals surface area (Å²) in [6.07, 6.45) is 1.53. The molecule has 1 unspecified atom stereocenters. The van der Waals surface area contributed by atoms with Gasteiger partial charge in [-0.05, 0) is 56.1 Å². The monoisotopic (exact) mass is 387 g/mol. The predicted octanol–water partition coefficient (Wildman–Crippen LogP) is 1.91. The lowest BCUT2D eigenvalue weighted by molar-refractivity contribution is 0.00122. The second-order valence-electron chi connectivity index (χ2n) is 5.96. The van der Waals surface area contributed by atoms with Crippen LogP contribution in [0.3, 0.4) is 0 Å². The molecular formula is C17H26BrNO4. The van der Waals surface area contributed by atoms with Crippen LogP contribution in [0, 0.1) is 5.92 Å². The van der Waals surface area contributed by atoms with E-state index < -0.39 is 6.10 Å². The van der Waals surface area contributed by atoms with Gasteiger partial charge in [0, 0.05) is 17.6 Å². The van der Waals surface area contributed by atoms with E-state index in [1.807, 2.05) is 24.3 Å². The summed E-state index contributed by atoms with van der Waals surface area (Å²) in [4.78, 5) is 2.23. The summed E-state index contributed by atoms with van der Waals surface area (Å²) in [6.45, 7) is 4.03. The molecule has 1 aromatic carbocycles. The summed E-state index contributed by atoms with van der Waals surface area (Å²) in [7, 11) is 0. The molecule has 0 bridgehead atoms. The number of piperidine rings is 1. The molecule has 0 saturated carbocycles. The molecule has 0 aromatic heterocycles. The van der Waals surface area contributed by atoms with Gasteiger partial charge in [-0.25, -0.2) is 0 Å². The van der Waals surface area contributed by atoms with Crippen LogP contribution in [0.15, 0.2) is 28.7 Å². The Morgan fingerprint density at radius 2 is 1.87 bits per heavy atom. The van der Waals surface area contributed by atoms with Crippen LogP contribution >= 0.6 is 15.9 Å². The number of β-amino-alcohol motifs (C(OH)–C–C–N with tert-alkyl or cyclic N) is 1. The molecule has 6 heteroatoms. The summed E-state index contributed by atoms with van der Waals surface area (Å²) in [6, 6.07) is 7.66. The summed E-state index contributed by atoms with van der Waals surface area (Å²) in [5.41, 5.74) is 0. The molecule has 1 aliphatic rings. The van der Waals surface area contributed by atoms with E-state index in [1.54, 1.807) is 0 Å². The highest BCUT2D eigenvalue weighted by atomic mass is 79.9. The van der Waals surface area contributed by atoms with Crippen molar-refractivity contribution in [2.24, 2.45) is 5.92 Å². The average molecular weight is 388 g/mol. The largest absolute Gasteiger partial charge is 0.491 e. The molecule has 1 aliphatic heterocycles. The maximum Gasteiger partial charge on any atom is 0.119 e. The third kappa shape index (κ3) is 7.18. The fourth-order valence-electron chi connectivity index (χ4n) is 2.67. The molecule has 130 valence electrons. The molecule has 0 spiro atoms. The Labute approximate surface area is 146 Å². The zero-order valence-electron chi connectivity index (χ0n) is 13.4. The van der Waals surface area contributed by atoms with Crippen LogP contribution in [0.1, 0.15) is 12.8 Å². The van der Waals surface area contributed by atoms with Gasteiger partial charge in [0.05, 0.1) is 19.3 Å². The van der Waals surface area contributed by atoms with Gasteiger partial charge in [0.15, 0.2) is 0 Å². The van der Waals surface area contributed by atoms with E-state index in [-0.39, 0.29) is 6.61 Å². The standard InChI is InChI=1S/C17H26BrNO4/c18-15-1-3-17(4-2-15)23-10-9-22-13-16(21)11-19-7-5-14(12-20)6-8-19/h1-4,14,16,20-21H,5-13H2. The summed E-state index contributed by atoms with van der Waals surface area (Å²) < 4.78 is 12.0. The van der Waals surface area contributed by atoms with Crippen LogP contribution in [0.5, 0.6) is 5.75 Å². The third-order valence-electron chi connectivity index (χ3n) is 4.05. The second-order valence-corrected chi connectivity index (χ2v) is 6.87. The Kier molecular flexibility index (Phi) is 8.33. The first-order valence-electron chi connectivity index (χ1n) is 8.14. The number of rotatable bonds is 9. The molecule has 0 aliphatic carbocycles. The third-order valence-corrected chi connectivity index (χ3v) is 4.58. The van der Waals surface area contributed by atoms with E-state index in [9.17, 15) is 5.11 Å². The zero-order chi connectivity index (χ0) is 16.5. The van der Waals surface area contributed by atoms with Gasteiger partial charge in [0.2, 0.25) is 0 Å². The zero-order valence-corrected chi connectivity index (χ0v) is 15.0. The Morgan fingerprint density at radius 3 is 2.52 bits per heavy atom. The number of likely N-dealkylation sites (tertiary alicyclic amines) is 1. The van der Waals surface area contributed by atoms with E-state index in [4.69, 9.17) is 14.6 Å². The summed E-state index contributed by atoms with van der Waals surface area (Å²) in [5, 5.41) is 19.1. The van der Waals surface area contributed by atoms with E-state index >= 15 is 0 Å². The number of halogens is 1. The maximum atomic E-state index is 10.0. The molecule has 2 N–H and O–H groups in total. The highest BCUT2D eigenvalue weighted by Gasteiger charge is 2.20. The van der Waals surface area contributed by atoms with E-state index in [0.717, 1.165) is 36.2 Å². The van der Waals surface area contributed by atoms with Crippen LogP contribution in [0.4, 0.5) is 0 Å². The van der Waals surface area contributed by atoms with Gasteiger partial charge in [0.25, 0.3) is 0 Å². The van der Waals surface area contributed by atoms with Crippen LogP contribution in [-0.2, 0) is 4.74 Å². The van der Waals surface area contributed by atoms with Crippen molar-refractivity contribution in [3.63, 3.8) is 0 Å². The first-order chi connectivity index (χ1) is 11.2. The number of ether oxygens (including phenoxy) is 2. The van der Waals surface area contributed by atoms with Gasteiger partial charge in [-0.1, -0.05) is 15.9 Å². The maximum absolute atomic E-state index is 10.0. The topological polar surface area (TPSA) is 62.2 Å². The lowest BCUT2D eigenvalue weighted by atomic mass is 9.98. The molecule has 1 atom stereocenters. The summed E-state index contributed by atoms with van der Waals surface area (Å²) in [5.74, 6) is 1.24. The Bertz CT molecular complexity index is 435. The quantitative estimate of drug-likeness (QED) is 0.633. The highest BCUT2D eigenvalue weighted by molar-refractivity contribution is 9.10. The van der Waals surface area contributed by atoms with E-state index in [0.29, 0.717) is 32.3 Å². The number of nitrogens with zero attached hydrogens (tertiary/aromatic N) is 1. The van der Waals surface area contributed by atoms with Crippen molar-refractivity contribution in [3.8, 4) is 5.75 Å². The van der Waals surface area contributed by atoms with Crippen molar-refractivity contribution >= 4 is 15.9 Å². The molecule has 1 saturated heterocycles. The first-order valence-corrected chi connectivity index (χ1v) is 8.94. The van der Waals surface area contributed by atoms with Crippen molar-refractivity contribution in [1.29, 1.82) is 0 Å². The Balaban J connectivity index is 1.51. The number of hydrogen-bond donors (Lipinski definition) is 2. The number of aliphatic hydroxyl groups excluding tert-OH is 2. The minimum atomic E-state index is -0.478. The normalized spacial score (nSPS) is 18.0. The van der Waals surface area contributed by atoms with Crippen molar-refractivity contribution in [1.82, 2.24) is 4.90 Å². The van der Waals surface area contributed by atoms with Crippen LogP contribution in [0.2, 0.25) is 0 Å². The lowest BCUT2D eigenvalue weighted by Gasteiger charge is -2.32. The Morgan fingerprint density at radius 1 is 1.17 bits per heavy atom. The molecule has 1 aromatic rings. The molecule has 1 fully saturated rings. The fraction of sp³-hybridized carbons (Fsp3) is 0.647. The van der Waals surface area contributed by atoms with Gasteiger partial charge in [-0.2, -0.15) is 0 Å². The number of aliphatic hydroxyl groups is 2. The summed E-state index contributed by atoms with van der Waals surface area (Å²) >= 11 is 3.38. The predicted molar refractivity (Wildman–Crippen MR) is 92.7 cm³/mol. The number of benzene rings is 1. The van der Waals surface area contributed by atoms with Crippen LogP contribution in [-0.4, -0.2) is 67.3 Å². The molecule has 0 amide bonds. The van der Waals surface area contributed by atoms with Gasteiger partial charge < -0.3 is 24.6 Å². The van der Waals surface area contributed by atoms with Gasteiger partial charge in [-0.3, -0.25) is 0 Å². The minimum Gasteiger partial charge on any atom is -0.491 e. The first kappa shape index (κ1) is 18.7. The SMILES string of the molecule is OCC1CCN(CC(O)COCCOc2ccc(Br)cc2)CC1. The van der Waals surface area contributed by atoms with Crippen LogP contribution < -0.4 is 4.74 Å². The molecular weight excluding hydrogens is 362 g/mol. The fourth-order valence-corrected chi connectivity index (χ4v) is 2.94. The smallest absolute Gasteiger partial charge is 0.119 e. The van der Waals surface area contributed by atoms with Gasteiger partial charge >= 0.3 is 0 Å². The molecule has 1 heterocycles.